The predicted molar refractivity (Wildman–Crippen MR) is 89.6 cm³/mol. The number of aryl methyl sites for hydroxylation is 1. The molecule has 0 bridgehead atoms. The lowest BCUT2D eigenvalue weighted by Crippen LogP contribution is -2.42. The number of hydrogen-bond acceptors (Lipinski definition) is 2. The molecule has 1 heterocycles. The molecule has 1 aromatic rings. The fourth-order valence-corrected chi connectivity index (χ4v) is 2.72. The third-order valence-corrected chi connectivity index (χ3v) is 4.33. The first kappa shape index (κ1) is 15.8. The van der Waals surface area contributed by atoms with Crippen LogP contribution in [-0.4, -0.2) is 44.6 Å². The first-order valence-corrected chi connectivity index (χ1v) is 7.86. The van der Waals surface area contributed by atoms with Gasteiger partial charge in [0.2, 0.25) is 0 Å². The van der Waals surface area contributed by atoms with Crippen molar-refractivity contribution in [3.63, 3.8) is 0 Å². The van der Waals surface area contributed by atoms with Gasteiger partial charge in [0.05, 0.1) is 0 Å². The van der Waals surface area contributed by atoms with E-state index in [1.807, 2.05) is 7.05 Å². The molecule has 4 nitrogen and oxygen atoms in total. The lowest BCUT2D eigenvalue weighted by Gasteiger charge is -2.29. The molecule has 1 saturated heterocycles. The maximum atomic E-state index is 4.32. The van der Waals surface area contributed by atoms with E-state index in [0.717, 1.165) is 25.0 Å². The molecule has 2 N–H and O–H groups in total. The van der Waals surface area contributed by atoms with E-state index in [-0.39, 0.29) is 0 Å². The summed E-state index contributed by atoms with van der Waals surface area (Å²) in [5.41, 5.74) is 2.63. The number of aliphatic imine (C=N–C) groups is 1. The predicted octanol–water partition coefficient (Wildman–Crippen LogP) is 2.00. The molecule has 0 aliphatic carbocycles. The van der Waals surface area contributed by atoms with Crippen LogP contribution < -0.4 is 10.6 Å². The van der Waals surface area contributed by atoms with Crippen LogP contribution in [0.1, 0.15) is 24.0 Å². The molecule has 0 atom stereocenters. The molecule has 4 heteroatoms. The minimum atomic E-state index is 0.762. The lowest BCUT2D eigenvalue weighted by atomic mass is 9.97. The van der Waals surface area contributed by atoms with E-state index in [2.05, 4.69) is 58.8 Å². The van der Waals surface area contributed by atoms with Gasteiger partial charge in [-0.2, -0.15) is 0 Å². The molecule has 0 radical (unpaired) electrons. The van der Waals surface area contributed by atoms with Gasteiger partial charge in [0.15, 0.2) is 5.96 Å². The van der Waals surface area contributed by atoms with Crippen LogP contribution in [0, 0.1) is 12.8 Å². The standard InChI is InChI=1S/C17H28N4/c1-14-6-4-5-7-16(14)13-20-17(18-2)19-12-15-8-10-21(3)11-9-15/h4-7,15H,8-13H2,1-3H3,(H2,18,19,20). The highest BCUT2D eigenvalue weighted by atomic mass is 15.2. The Morgan fingerprint density at radius 1 is 1.24 bits per heavy atom. The molecule has 116 valence electrons. The molecule has 0 amide bonds. The van der Waals surface area contributed by atoms with Crippen LogP contribution in [-0.2, 0) is 6.54 Å². The summed E-state index contributed by atoms with van der Waals surface area (Å²) < 4.78 is 0. The Labute approximate surface area is 128 Å². The van der Waals surface area contributed by atoms with Gasteiger partial charge in [0, 0.05) is 20.1 Å². The molecule has 0 spiro atoms. The fraction of sp³-hybridized carbons (Fsp3) is 0.588. The van der Waals surface area contributed by atoms with Crippen molar-refractivity contribution in [2.45, 2.75) is 26.3 Å². The van der Waals surface area contributed by atoms with Crippen LogP contribution in [0.2, 0.25) is 0 Å². The molecule has 0 unspecified atom stereocenters. The van der Waals surface area contributed by atoms with Gasteiger partial charge >= 0.3 is 0 Å². The van der Waals surface area contributed by atoms with E-state index in [4.69, 9.17) is 0 Å². The van der Waals surface area contributed by atoms with Crippen molar-refractivity contribution >= 4 is 5.96 Å². The highest BCUT2D eigenvalue weighted by Gasteiger charge is 2.16. The van der Waals surface area contributed by atoms with E-state index < -0.39 is 0 Å². The molecule has 21 heavy (non-hydrogen) atoms. The van der Waals surface area contributed by atoms with Gasteiger partial charge in [0.1, 0.15) is 0 Å². The fourth-order valence-electron chi connectivity index (χ4n) is 2.72. The second-order valence-corrected chi connectivity index (χ2v) is 5.98. The summed E-state index contributed by atoms with van der Waals surface area (Å²) in [5.74, 6) is 1.66. The lowest BCUT2D eigenvalue weighted by molar-refractivity contribution is 0.220. The number of rotatable bonds is 4. The SMILES string of the molecule is CN=C(NCc1ccccc1C)NCC1CCN(C)CC1. The van der Waals surface area contributed by atoms with Crippen LogP contribution in [0.15, 0.2) is 29.3 Å². The van der Waals surface area contributed by atoms with Crippen molar-refractivity contribution in [3.8, 4) is 0 Å². The van der Waals surface area contributed by atoms with Crippen LogP contribution in [0.5, 0.6) is 0 Å². The van der Waals surface area contributed by atoms with Crippen molar-refractivity contribution in [1.29, 1.82) is 0 Å². The summed E-state index contributed by atoms with van der Waals surface area (Å²) in [7, 11) is 4.04. The molecule has 2 rings (SSSR count). The summed E-state index contributed by atoms with van der Waals surface area (Å²) in [6, 6.07) is 8.46. The van der Waals surface area contributed by atoms with E-state index >= 15 is 0 Å². The Hall–Kier alpha value is -1.55. The summed E-state index contributed by atoms with van der Waals surface area (Å²) >= 11 is 0. The number of likely N-dealkylation sites (tertiary alicyclic amines) is 1. The Bertz CT molecular complexity index is 462. The van der Waals surface area contributed by atoms with Gasteiger partial charge in [-0.1, -0.05) is 24.3 Å². The minimum absolute atomic E-state index is 0.762. The average Bonchev–Trinajstić information content (AvgIpc) is 2.51. The third-order valence-electron chi connectivity index (χ3n) is 4.33. The topological polar surface area (TPSA) is 39.7 Å². The largest absolute Gasteiger partial charge is 0.356 e. The van der Waals surface area contributed by atoms with Crippen LogP contribution in [0.25, 0.3) is 0 Å². The van der Waals surface area contributed by atoms with Crippen molar-refractivity contribution < 1.29 is 0 Å². The Morgan fingerprint density at radius 2 is 1.95 bits per heavy atom. The molecular weight excluding hydrogens is 260 g/mol. The van der Waals surface area contributed by atoms with Crippen molar-refractivity contribution in [2.24, 2.45) is 10.9 Å². The number of nitrogens with zero attached hydrogens (tertiary/aromatic N) is 2. The van der Waals surface area contributed by atoms with Gasteiger partial charge in [-0.05, 0) is 56.9 Å². The average molecular weight is 288 g/mol. The monoisotopic (exact) mass is 288 g/mol. The maximum Gasteiger partial charge on any atom is 0.191 e. The van der Waals surface area contributed by atoms with Gasteiger partial charge in [-0.25, -0.2) is 0 Å². The highest BCUT2D eigenvalue weighted by molar-refractivity contribution is 5.79. The Morgan fingerprint density at radius 3 is 2.62 bits per heavy atom. The second kappa shape index (κ2) is 8.03. The quantitative estimate of drug-likeness (QED) is 0.657. The Balaban J connectivity index is 1.75. The third kappa shape index (κ3) is 5.05. The highest BCUT2D eigenvalue weighted by Crippen LogP contribution is 2.14. The first-order valence-electron chi connectivity index (χ1n) is 7.86. The molecule has 0 saturated carbocycles. The van der Waals surface area contributed by atoms with Crippen molar-refractivity contribution in [2.75, 3.05) is 33.7 Å². The molecule has 1 fully saturated rings. The van der Waals surface area contributed by atoms with E-state index in [9.17, 15) is 0 Å². The maximum absolute atomic E-state index is 4.32. The number of benzene rings is 1. The second-order valence-electron chi connectivity index (χ2n) is 5.98. The zero-order valence-corrected chi connectivity index (χ0v) is 13.5. The number of guanidine groups is 1. The molecule has 1 aromatic carbocycles. The molecule has 1 aliphatic rings. The van der Waals surface area contributed by atoms with E-state index in [1.165, 1.54) is 37.1 Å². The summed E-state index contributed by atoms with van der Waals surface area (Å²) in [6.07, 6.45) is 2.55. The van der Waals surface area contributed by atoms with E-state index in [1.54, 1.807) is 0 Å². The van der Waals surface area contributed by atoms with Gasteiger partial charge in [-0.3, -0.25) is 4.99 Å². The van der Waals surface area contributed by atoms with Gasteiger partial charge in [-0.15, -0.1) is 0 Å². The van der Waals surface area contributed by atoms with E-state index in [0.29, 0.717) is 0 Å². The number of nitrogens with one attached hydrogen (secondary N) is 2. The molecule has 0 aromatic heterocycles. The smallest absolute Gasteiger partial charge is 0.191 e. The molecular formula is C17H28N4. The van der Waals surface area contributed by atoms with Gasteiger partial charge in [0.25, 0.3) is 0 Å². The normalized spacial score (nSPS) is 17.8. The van der Waals surface area contributed by atoms with Crippen LogP contribution in [0.3, 0.4) is 0 Å². The summed E-state index contributed by atoms with van der Waals surface area (Å²) in [5, 5.41) is 6.87. The van der Waals surface area contributed by atoms with Gasteiger partial charge < -0.3 is 15.5 Å². The van der Waals surface area contributed by atoms with Crippen LogP contribution in [0.4, 0.5) is 0 Å². The van der Waals surface area contributed by atoms with Crippen LogP contribution >= 0.6 is 0 Å². The Kier molecular flexibility index (Phi) is 6.05. The zero-order valence-electron chi connectivity index (χ0n) is 13.5. The number of piperidine rings is 1. The summed E-state index contributed by atoms with van der Waals surface area (Å²) in [4.78, 5) is 6.72. The summed E-state index contributed by atoms with van der Waals surface area (Å²) in [6.45, 7) is 6.40. The van der Waals surface area contributed by atoms with Crippen molar-refractivity contribution in [3.05, 3.63) is 35.4 Å². The molecule has 1 aliphatic heterocycles. The zero-order chi connectivity index (χ0) is 15.1. The van der Waals surface area contributed by atoms with Crippen molar-refractivity contribution in [1.82, 2.24) is 15.5 Å². The minimum Gasteiger partial charge on any atom is -0.356 e. The number of hydrogen-bond donors (Lipinski definition) is 2. The first-order chi connectivity index (χ1) is 10.2.